The lowest BCUT2D eigenvalue weighted by molar-refractivity contribution is -0.131. The molecular formula is C27H27N3O3. The van der Waals surface area contributed by atoms with Gasteiger partial charge in [0.1, 0.15) is 0 Å². The highest BCUT2D eigenvalue weighted by molar-refractivity contribution is 6.11. The highest BCUT2D eigenvalue weighted by atomic mass is 16.2. The number of rotatable bonds is 8. The first-order chi connectivity index (χ1) is 15.9. The van der Waals surface area contributed by atoms with Crippen molar-refractivity contribution in [2.75, 3.05) is 6.54 Å². The normalized spacial score (nSPS) is 17.8. The molecule has 6 nitrogen and oxygen atoms in total. The van der Waals surface area contributed by atoms with E-state index in [0.29, 0.717) is 24.1 Å². The van der Waals surface area contributed by atoms with Gasteiger partial charge in [-0.05, 0) is 31.0 Å². The van der Waals surface area contributed by atoms with Crippen LogP contribution in [0.25, 0.3) is 0 Å². The number of imide groups is 1. The largest absolute Gasteiger partial charge is 0.345 e. The molecule has 1 unspecified atom stereocenters. The Labute approximate surface area is 193 Å². The minimum Gasteiger partial charge on any atom is -0.345 e. The lowest BCUT2D eigenvalue weighted by Crippen LogP contribution is -2.46. The second kappa shape index (κ2) is 8.90. The molecule has 1 N–H and O–H groups in total. The molecule has 1 aromatic heterocycles. The molecule has 168 valence electrons. The molecule has 1 fully saturated rings. The van der Waals surface area contributed by atoms with Crippen molar-refractivity contribution in [3.63, 3.8) is 0 Å². The number of Topliss-reactive ketones (excluding diaryl/α,β-unsaturated/α-hetero) is 1. The van der Waals surface area contributed by atoms with Crippen LogP contribution in [0.1, 0.15) is 32.9 Å². The van der Waals surface area contributed by atoms with Crippen molar-refractivity contribution in [3.05, 3.63) is 107 Å². The SMILES string of the molecule is C=CCn1c(C)cc(C(=O)CN2C(=O)NC(Cc3ccccc3)(c3ccccc3)C2=O)c1C. The summed E-state index contributed by atoms with van der Waals surface area (Å²) in [6.45, 7) is 7.81. The van der Waals surface area contributed by atoms with Gasteiger partial charge in [0.25, 0.3) is 5.91 Å². The monoisotopic (exact) mass is 441 g/mol. The number of ketones is 1. The van der Waals surface area contributed by atoms with Crippen molar-refractivity contribution in [1.29, 1.82) is 0 Å². The van der Waals surface area contributed by atoms with Crippen LogP contribution in [0.5, 0.6) is 0 Å². The first-order valence-corrected chi connectivity index (χ1v) is 10.9. The zero-order valence-corrected chi connectivity index (χ0v) is 18.9. The summed E-state index contributed by atoms with van der Waals surface area (Å²) >= 11 is 0. The van der Waals surface area contributed by atoms with Crippen molar-refractivity contribution in [2.45, 2.75) is 32.4 Å². The lowest BCUT2D eigenvalue weighted by Gasteiger charge is -2.27. The maximum atomic E-state index is 13.7. The van der Waals surface area contributed by atoms with E-state index in [1.54, 1.807) is 12.1 Å². The molecule has 1 saturated heterocycles. The second-order valence-corrected chi connectivity index (χ2v) is 8.36. The topological polar surface area (TPSA) is 71.4 Å². The van der Waals surface area contributed by atoms with Gasteiger partial charge in [0, 0.05) is 29.9 Å². The first-order valence-electron chi connectivity index (χ1n) is 10.9. The number of aromatic nitrogens is 1. The Hall–Kier alpha value is -3.93. The van der Waals surface area contributed by atoms with Crippen molar-refractivity contribution < 1.29 is 14.4 Å². The first kappa shape index (κ1) is 22.3. The maximum Gasteiger partial charge on any atom is 0.325 e. The Morgan fingerprint density at radius 2 is 1.67 bits per heavy atom. The molecule has 1 aliphatic heterocycles. The number of urea groups is 1. The molecular weight excluding hydrogens is 414 g/mol. The number of nitrogens with zero attached hydrogens (tertiary/aromatic N) is 2. The van der Waals surface area contributed by atoms with E-state index in [2.05, 4.69) is 11.9 Å². The van der Waals surface area contributed by atoms with E-state index in [1.807, 2.05) is 79.1 Å². The summed E-state index contributed by atoms with van der Waals surface area (Å²) in [4.78, 5) is 41.0. The molecule has 4 rings (SSSR count). The maximum absolute atomic E-state index is 13.7. The predicted molar refractivity (Wildman–Crippen MR) is 127 cm³/mol. The fourth-order valence-corrected chi connectivity index (χ4v) is 4.53. The third-order valence-corrected chi connectivity index (χ3v) is 6.24. The third kappa shape index (κ3) is 4.00. The van der Waals surface area contributed by atoms with Gasteiger partial charge >= 0.3 is 6.03 Å². The summed E-state index contributed by atoms with van der Waals surface area (Å²) in [5.41, 5.74) is 2.57. The smallest absolute Gasteiger partial charge is 0.325 e. The van der Waals surface area contributed by atoms with Crippen LogP contribution < -0.4 is 5.32 Å². The van der Waals surface area contributed by atoms with E-state index >= 15 is 0 Å². The zero-order chi connectivity index (χ0) is 23.6. The van der Waals surface area contributed by atoms with Gasteiger partial charge in [-0.15, -0.1) is 6.58 Å². The Morgan fingerprint density at radius 3 is 2.30 bits per heavy atom. The molecule has 0 radical (unpaired) electrons. The highest BCUT2D eigenvalue weighted by Gasteiger charge is 2.52. The molecule has 2 aromatic carbocycles. The van der Waals surface area contributed by atoms with Crippen molar-refractivity contribution in [3.8, 4) is 0 Å². The number of hydrogen-bond acceptors (Lipinski definition) is 3. The average Bonchev–Trinajstić information content (AvgIpc) is 3.23. The Morgan fingerprint density at radius 1 is 1.03 bits per heavy atom. The fourth-order valence-electron chi connectivity index (χ4n) is 4.53. The van der Waals surface area contributed by atoms with E-state index in [0.717, 1.165) is 21.9 Å². The van der Waals surface area contributed by atoms with Crippen LogP contribution in [-0.2, 0) is 23.3 Å². The molecule has 0 spiro atoms. The Kier molecular flexibility index (Phi) is 6.01. The number of hydrogen-bond donors (Lipinski definition) is 1. The summed E-state index contributed by atoms with van der Waals surface area (Å²) in [5, 5.41) is 2.91. The summed E-state index contributed by atoms with van der Waals surface area (Å²) in [6, 6.07) is 20.0. The summed E-state index contributed by atoms with van der Waals surface area (Å²) in [5.74, 6) is -0.693. The minimum atomic E-state index is -1.26. The van der Waals surface area contributed by atoms with Gasteiger partial charge in [0.2, 0.25) is 0 Å². The van der Waals surface area contributed by atoms with Gasteiger partial charge in [0.15, 0.2) is 11.3 Å². The minimum absolute atomic E-state index is 0.273. The van der Waals surface area contributed by atoms with E-state index in [-0.39, 0.29) is 12.3 Å². The highest BCUT2D eigenvalue weighted by Crippen LogP contribution is 2.33. The third-order valence-electron chi connectivity index (χ3n) is 6.24. The summed E-state index contributed by atoms with van der Waals surface area (Å²) < 4.78 is 1.98. The van der Waals surface area contributed by atoms with Gasteiger partial charge in [0.05, 0.1) is 6.54 Å². The molecule has 0 bridgehead atoms. The van der Waals surface area contributed by atoms with Crippen LogP contribution >= 0.6 is 0 Å². The van der Waals surface area contributed by atoms with Crippen molar-refractivity contribution in [2.24, 2.45) is 0 Å². The predicted octanol–water partition coefficient (Wildman–Crippen LogP) is 4.16. The van der Waals surface area contributed by atoms with Crippen molar-refractivity contribution >= 4 is 17.7 Å². The average molecular weight is 442 g/mol. The van der Waals surface area contributed by atoms with Gasteiger partial charge in [-0.25, -0.2) is 4.79 Å². The molecule has 1 atom stereocenters. The molecule has 0 saturated carbocycles. The Balaban J connectivity index is 1.67. The molecule has 3 amide bonds. The van der Waals surface area contributed by atoms with Gasteiger partial charge in [-0.1, -0.05) is 66.7 Å². The zero-order valence-electron chi connectivity index (χ0n) is 18.9. The van der Waals surface area contributed by atoms with Crippen LogP contribution in [0.4, 0.5) is 4.79 Å². The number of carbonyl (C=O) groups excluding carboxylic acids is 3. The van der Waals surface area contributed by atoms with Crippen LogP contribution in [0, 0.1) is 13.8 Å². The molecule has 2 heterocycles. The van der Waals surface area contributed by atoms with Crippen LogP contribution in [0.3, 0.4) is 0 Å². The standard InChI is InChI=1S/C27H27N3O3/c1-4-15-29-19(2)16-23(20(29)3)24(31)18-30-25(32)27(28-26(30)33,22-13-9-6-10-14-22)17-21-11-7-5-8-12-21/h4-14,16H,1,15,17-18H2,2-3H3,(H,28,33). The van der Waals surface area contributed by atoms with Gasteiger partial charge in [-0.3, -0.25) is 14.5 Å². The summed E-state index contributed by atoms with van der Waals surface area (Å²) in [6.07, 6.45) is 2.06. The van der Waals surface area contributed by atoms with E-state index in [4.69, 9.17) is 0 Å². The van der Waals surface area contributed by atoms with Gasteiger partial charge < -0.3 is 9.88 Å². The molecule has 6 heteroatoms. The van der Waals surface area contributed by atoms with Crippen molar-refractivity contribution in [1.82, 2.24) is 14.8 Å². The van der Waals surface area contributed by atoms with E-state index in [9.17, 15) is 14.4 Å². The van der Waals surface area contributed by atoms with Crippen LogP contribution in [0.2, 0.25) is 0 Å². The molecule has 3 aromatic rings. The van der Waals surface area contributed by atoms with E-state index < -0.39 is 17.5 Å². The summed E-state index contributed by atoms with van der Waals surface area (Å²) in [7, 11) is 0. The lowest BCUT2D eigenvalue weighted by atomic mass is 9.83. The number of aryl methyl sites for hydroxylation is 1. The number of nitrogens with one attached hydrogen (secondary N) is 1. The van der Waals surface area contributed by atoms with Crippen LogP contribution in [0.15, 0.2) is 79.4 Å². The fraction of sp³-hybridized carbons (Fsp3) is 0.222. The molecule has 33 heavy (non-hydrogen) atoms. The second-order valence-electron chi connectivity index (χ2n) is 8.36. The molecule has 0 aliphatic carbocycles. The van der Waals surface area contributed by atoms with Crippen LogP contribution in [-0.4, -0.2) is 33.7 Å². The molecule has 1 aliphatic rings. The number of benzene rings is 2. The Bertz CT molecular complexity index is 1210. The number of allylic oxidation sites excluding steroid dienone is 1. The number of carbonyl (C=O) groups is 3. The number of amides is 3. The van der Waals surface area contributed by atoms with E-state index in [1.165, 1.54) is 0 Å². The van der Waals surface area contributed by atoms with Gasteiger partial charge in [-0.2, -0.15) is 0 Å². The quantitative estimate of drug-likeness (QED) is 0.324.